The van der Waals surface area contributed by atoms with Gasteiger partial charge in [-0.25, -0.2) is 0 Å². The quantitative estimate of drug-likeness (QED) is 0.906. The number of nitrogens with two attached hydrogens (primary N) is 1. The van der Waals surface area contributed by atoms with E-state index in [4.69, 9.17) is 5.73 Å². The van der Waals surface area contributed by atoms with Gasteiger partial charge in [-0.15, -0.1) is 16.4 Å². The predicted molar refractivity (Wildman–Crippen MR) is 83.1 cm³/mol. The molecule has 2 aromatic heterocycles. The molecular formula is C14H21N5S. The molecule has 3 rings (SSSR count). The van der Waals surface area contributed by atoms with Crippen LogP contribution in [0.4, 0.5) is 5.95 Å². The second-order valence-corrected chi connectivity index (χ2v) is 6.22. The van der Waals surface area contributed by atoms with Crippen LogP contribution in [-0.2, 0) is 6.42 Å². The average Bonchev–Trinajstić information content (AvgIpc) is 3.15. The lowest BCUT2D eigenvalue weighted by Crippen LogP contribution is -2.38. The highest BCUT2D eigenvalue weighted by Gasteiger charge is 2.22. The van der Waals surface area contributed by atoms with Gasteiger partial charge in [-0.2, -0.15) is 4.98 Å². The molecule has 20 heavy (non-hydrogen) atoms. The second kappa shape index (κ2) is 5.93. The van der Waals surface area contributed by atoms with Gasteiger partial charge in [0.15, 0.2) is 5.82 Å². The molecule has 0 amide bonds. The molecule has 1 saturated heterocycles. The second-order valence-electron chi connectivity index (χ2n) is 5.30. The minimum atomic E-state index is 0.568. The van der Waals surface area contributed by atoms with Crippen LogP contribution in [0.25, 0.3) is 10.7 Å². The Bertz CT molecular complexity index is 561. The number of hydrogen-bond donors (Lipinski definition) is 2. The molecule has 1 aliphatic heterocycles. The Morgan fingerprint density at radius 2 is 2.45 bits per heavy atom. The van der Waals surface area contributed by atoms with Crippen LogP contribution in [0, 0.1) is 5.92 Å². The van der Waals surface area contributed by atoms with E-state index in [0.29, 0.717) is 5.92 Å². The largest absolute Gasteiger partial charge is 0.339 e. The van der Waals surface area contributed by atoms with Crippen LogP contribution in [0.3, 0.4) is 0 Å². The summed E-state index contributed by atoms with van der Waals surface area (Å²) in [7, 11) is 0. The van der Waals surface area contributed by atoms with Gasteiger partial charge in [0.1, 0.15) is 0 Å². The summed E-state index contributed by atoms with van der Waals surface area (Å²) in [5, 5.41) is 9.60. The molecule has 0 radical (unpaired) electrons. The first-order chi connectivity index (χ1) is 9.81. The van der Waals surface area contributed by atoms with Crippen LogP contribution < -0.4 is 10.6 Å². The Hall–Kier alpha value is -1.40. The molecule has 3 heterocycles. The third-order valence-electron chi connectivity index (χ3n) is 3.95. The average molecular weight is 291 g/mol. The van der Waals surface area contributed by atoms with E-state index in [2.05, 4.69) is 38.5 Å². The minimum absolute atomic E-state index is 0.568. The molecule has 0 spiro atoms. The van der Waals surface area contributed by atoms with Crippen molar-refractivity contribution in [2.24, 2.45) is 11.7 Å². The van der Waals surface area contributed by atoms with Gasteiger partial charge in [0, 0.05) is 13.1 Å². The highest BCUT2D eigenvalue weighted by atomic mass is 32.1. The molecule has 1 fully saturated rings. The van der Waals surface area contributed by atoms with Crippen molar-refractivity contribution in [2.75, 3.05) is 24.5 Å². The fourth-order valence-electron chi connectivity index (χ4n) is 2.76. The van der Waals surface area contributed by atoms with Gasteiger partial charge in [0.25, 0.3) is 0 Å². The fourth-order valence-corrected chi connectivity index (χ4v) is 3.69. The van der Waals surface area contributed by atoms with Crippen LogP contribution in [0.15, 0.2) is 11.4 Å². The third-order valence-corrected chi connectivity index (χ3v) is 4.91. The summed E-state index contributed by atoms with van der Waals surface area (Å²) in [6.07, 6.45) is 3.41. The number of nitrogens with one attached hydrogen (secondary N) is 1. The summed E-state index contributed by atoms with van der Waals surface area (Å²) in [5.74, 6) is 2.27. The van der Waals surface area contributed by atoms with Crippen molar-refractivity contribution in [3.05, 3.63) is 17.0 Å². The molecule has 1 aliphatic rings. The first-order valence-corrected chi connectivity index (χ1v) is 8.14. The van der Waals surface area contributed by atoms with Crippen molar-refractivity contribution in [3.8, 4) is 10.7 Å². The zero-order valence-corrected chi connectivity index (χ0v) is 12.6. The number of aromatic amines is 1. The molecule has 108 valence electrons. The molecule has 1 unspecified atom stereocenters. The van der Waals surface area contributed by atoms with Crippen LogP contribution >= 0.6 is 11.3 Å². The van der Waals surface area contributed by atoms with Gasteiger partial charge in [0.05, 0.1) is 4.88 Å². The number of thiophene rings is 1. The van der Waals surface area contributed by atoms with E-state index in [1.165, 1.54) is 23.3 Å². The van der Waals surface area contributed by atoms with E-state index in [-0.39, 0.29) is 0 Å². The van der Waals surface area contributed by atoms with Gasteiger partial charge < -0.3 is 10.6 Å². The van der Waals surface area contributed by atoms with Gasteiger partial charge in [-0.1, -0.05) is 6.92 Å². The summed E-state index contributed by atoms with van der Waals surface area (Å²) in [4.78, 5) is 8.14. The maximum atomic E-state index is 5.79. The van der Waals surface area contributed by atoms with Crippen molar-refractivity contribution in [1.82, 2.24) is 15.2 Å². The number of hydrogen-bond acceptors (Lipinski definition) is 5. The Kier molecular flexibility index (Phi) is 4.03. The molecule has 6 heteroatoms. The van der Waals surface area contributed by atoms with Crippen molar-refractivity contribution in [2.45, 2.75) is 26.2 Å². The fraction of sp³-hybridized carbons (Fsp3) is 0.571. The maximum absolute atomic E-state index is 5.79. The van der Waals surface area contributed by atoms with E-state index < -0.39 is 0 Å². The number of piperidine rings is 1. The zero-order chi connectivity index (χ0) is 13.9. The van der Waals surface area contributed by atoms with Gasteiger partial charge in [-0.3, -0.25) is 5.10 Å². The van der Waals surface area contributed by atoms with E-state index in [0.717, 1.165) is 37.8 Å². The summed E-state index contributed by atoms with van der Waals surface area (Å²) >= 11 is 1.72. The van der Waals surface area contributed by atoms with E-state index in [1.807, 2.05) is 0 Å². The Balaban J connectivity index is 1.80. The lowest BCUT2D eigenvalue weighted by Gasteiger charge is -2.31. The molecule has 0 aromatic carbocycles. The van der Waals surface area contributed by atoms with Gasteiger partial charge in [-0.05, 0) is 48.7 Å². The standard InChI is InChI=1S/C14H21N5S/c1-2-11-5-7-20-12(11)13-16-14(18-17-13)19-6-3-4-10(8-15)9-19/h5,7,10H,2-4,6,8-9,15H2,1H3,(H,16,17,18). The molecule has 1 atom stereocenters. The van der Waals surface area contributed by atoms with Crippen molar-refractivity contribution >= 4 is 17.3 Å². The molecule has 5 nitrogen and oxygen atoms in total. The summed E-state index contributed by atoms with van der Waals surface area (Å²) < 4.78 is 0. The monoisotopic (exact) mass is 291 g/mol. The normalized spacial score (nSPS) is 19.5. The molecule has 2 aromatic rings. The number of anilines is 1. The number of aryl methyl sites for hydroxylation is 1. The Labute approximate surface area is 123 Å². The van der Waals surface area contributed by atoms with E-state index >= 15 is 0 Å². The topological polar surface area (TPSA) is 70.8 Å². The molecule has 0 aliphatic carbocycles. The lowest BCUT2D eigenvalue weighted by atomic mass is 9.99. The first-order valence-electron chi connectivity index (χ1n) is 7.26. The molecule has 0 bridgehead atoms. The van der Waals surface area contributed by atoms with Gasteiger partial charge in [0.2, 0.25) is 5.95 Å². The smallest absolute Gasteiger partial charge is 0.245 e. The lowest BCUT2D eigenvalue weighted by molar-refractivity contribution is 0.420. The van der Waals surface area contributed by atoms with Crippen LogP contribution in [0.2, 0.25) is 0 Å². The molecular weight excluding hydrogens is 270 g/mol. The zero-order valence-electron chi connectivity index (χ0n) is 11.8. The Morgan fingerprint density at radius 3 is 3.25 bits per heavy atom. The molecule has 3 N–H and O–H groups in total. The highest BCUT2D eigenvalue weighted by Crippen LogP contribution is 2.29. The van der Waals surface area contributed by atoms with Crippen molar-refractivity contribution in [1.29, 1.82) is 0 Å². The number of nitrogens with zero attached hydrogens (tertiary/aromatic N) is 3. The van der Waals surface area contributed by atoms with Crippen LogP contribution in [0.5, 0.6) is 0 Å². The molecule has 0 saturated carbocycles. The van der Waals surface area contributed by atoms with Crippen LogP contribution in [-0.4, -0.2) is 34.8 Å². The Morgan fingerprint density at radius 1 is 1.55 bits per heavy atom. The third kappa shape index (κ3) is 2.58. The number of H-pyrrole nitrogens is 1. The van der Waals surface area contributed by atoms with E-state index in [1.54, 1.807) is 11.3 Å². The van der Waals surface area contributed by atoms with Gasteiger partial charge >= 0.3 is 0 Å². The maximum Gasteiger partial charge on any atom is 0.245 e. The first kappa shape index (κ1) is 13.6. The summed E-state index contributed by atoms with van der Waals surface area (Å²) in [6.45, 7) is 4.91. The summed E-state index contributed by atoms with van der Waals surface area (Å²) in [5.41, 5.74) is 7.12. The number of rotatable bonds is 4. The minimum Gasteiger partial charge on any atom is -0.339 e. The SMILES string of the molecule is CCc1ccsc1-c1nc(N2CCCC(CN)C2)n[nH]1. The highest BCUT2D eigenvalue weighted by molar-refractivity contribution is 7.13. The van der Waals surface area contributed by atoms with Crippen molar-refractivity contribution < 1.29 is 0 Å². The van der Waals surface area contributed by atoms with Crippen LogP contribution in [0.1, 0.15) is 25.3 Å². The predicted octanol–water partition coefficient (Wildman–Crippen LogP) is 2.27. The summed E-state index contributed by atoms with van der Waals surface area (Å²) in [6, 6.07) is 2.16. The number of aromatic nitrogens is 3. The van der Waals surface area contributed by atoms with E-state index in [9.17, 15) is 0 Å². The van der Waals surface area contributed by atoms with Crippen molar-refractivity contribution in [3.63, 3.8) is 0 Å².